The number of benzene rings is 1. The fourth-order valence-electron chi connectivity index (χ4n) is 5.56. The maximum absolute atomic E-state index is 14.8. The lowest BCUT2D eigenvalue weighted by Gasteiger charge is -2.32. The van der Waals surface area contributed by atoms with Crippen LogP contribution in [0.3, 0.4) is 0 Å². The fraction of sp³-hybridized carbons (Fsp3) is 0.357. The Bertz CT molecular complexity index is 1320. The van der Waals surface area contributed by atoms with Gasteiger partial charge >= 0.3 is 0 Å². The van der Waals surface area contributed by atoms with E-state index < -0.39 is 0 Å². The number of rotatable bonds is 5. The molecule has 5 rings (SSSR count). The zero-order valence-corrected chi connectivity index (χ0v) is 19.6. The number of carbonyl (C=O) groups excluding carboxylic acids is 1. The number of nitrogens with two attached hydrogens (primary N) is 1. The van der Waals surface area contributed by atoms with E-state index in [0.717, 1.165) is 47.2 Å². The van der Waals surface area contributed by atoms with Crippen LogP contribution in [0, 0.1) is 11.7 Å². The van der Waals surface area contributed by atoms with Crippen molar-refractivity contribution in [1.29, 1.82) is 0 Å². The molecule has 34 heavy (non-hydrogen) atoms. The van der Waals surface area contributed by atoms with Gasteiger partial charge in [-0.15, -0.1) is 0 Å². The standard InChI is InChI=1S/C28H29FN4O/c1-16-9-18(11-21(30)10-16)23-5-7-31-14-20(23)13-27(34)24-3-4-26(29)25-12-19(15-33-28(24)25)22-6-8-32-17(22)2/h3-7,12,14-16,18,21H,8-11,13,30H2,1-2H3/t16-,18+,21-/m0/s1. The topological polar surface area (TPSA) is 81.2 Å². The third-order valence-corrected chi connectivity index (χ3v) is 7.13. The van der Waals surface area contributed by atoms with E-state index in [0.29, 0.717) is 34.8 Å². The van der Waals surface area contributed by atoms with Gasteiger partial charge in [0.1, 0.15) is 5.82 Å². The summed E-state index contributed by atoms with van der Waals surface area (Å²) in [6.07, 6.45) is 10.5. The number of nitrogens with zero attached hydrogens (tertiary/aromatic N) is 3. The van der Waals surface area contributed by atoms with Crippen LogP contribution in [0.4, 0.5) is 4.39 Å². The maximum atomic E-state index is 14.8. The first-order valence-corrected chi connectivity index (χ1v) is 11.9. The van der Waals surface area contributed by atoms with E-state index in [2.05, 4.69) is 21.9 Å². The van der Waals surface area contributed by atoms with Crippen LogP contribution in [-0.4, -0.2) is 34.0 Å². The van der Waals surface area contributed by atoms with Crippen molar-refractivity contribution in [3.63, 3.8) is 0 Å². The van der Waals surface area contributed by atoms with Gasteiger partial charge in [0.25, 0.3) is 0 Å². The van der Waals surface area contributed by atoms with E-state index in [4.69, 9.17) is 5.73 Å². The van der Waals surface area contributed by atoms with E-state index in [-0.39, 0.29) is 24.1 Å². The zero-order chi connectivity index (χ0) is 23.8. The second-order valence-corrected chi connectivity index (χ2v) is 9.70. The highest BCUT2D eigenvalue weighted by Gasteiger charge is 2.28. The van der Waals surface area contributed by atoms with Crippen LogP contribution in [-0.2, 0) is 6.42 Å². The summed E-state index contributed by atoms with van der Waals surface area (Å²) in [5.74, 6) is 0.389. The molecule has 0 amide bonds. The number of pyridine rings is 2. The van der Waals surface area contributed by atoms with Crippen molar-refractivity contribution in [2.24, 2.45) is 16.6 Å². The molecule has 3 heterocycles. The lowest BCUT2D eigenvalue weighted by Crippen LogP contribution is -2.31. The summed E-state index contributed by atoms with van der Waals surface area (Å²) < 4.78 is 14.8. The van der Waals surface area contributed by atoms with E-state index in [1.807, 2.05) is 19.1 Å². The zero-order valence-electron chi connectivity index (χ0n) is 19.6. The number of halogens is 1. The number of allylic oxidation sites excluding steroid dienone is 1. The molecular weight excluding hydrogens is 427 g/mol. The normalized spacial score (nSPS) is 22.5. The first kappa shape index (κ1) is 22.5. The summed E-state index contributed by atoms with van der Waals surface area (Å²) in [4.78, 5) is 26.6. The predicted octanol–water partition coefficient (Wildman–Crippen LogP) is 5.28. The Kier molecular flexibility index (Phi) is 6.09. The van der Waals surface area contributed by atoms with Gasteiger partial charge in [-0.2, -0.15) is 0 Å². The van der Waals surface area contributed by atoms with Crippen LogP contribution in [0.25, 0.3) is 16.5 Å². The van der Waals surface area contributed by atoms with Gasteiger partial charge in [0.2, 0.25) is 0 Å². The minimum atomic E-state index is -0.388. The molecule has 1 aliphatic heterocycles. The number of hydrogen-bond acceptors (Lipinski definition) is 5. The van der Waals surface area contributed by atoms with Crippen LogP contribution in [0.15, 0.2) is 53.9 Å². The van der Waals surface area contributed by atoms with Crippen molar-refractivity contribution in [3.05, 3.63) is 77.0 Å². The number of fused-ring (bicyclic) bond motifs is 1. The molecule has 6 heteroatoms. The summed E-state index contributed by atoms with van der Waals surface area (Å²) in [6.45, 7) is 4.79. The van der Waals surface area contributed by atoms with Crippen molar-refractivity contribution < 1.29 is 9.18 Å². The van der Waals surface area contributed by atoms with Gasteiger partial charge in [0.05, 0.1) is 12.1 Å². The molecule has 0 saturated heterocycles. The first-order chi connectivity index (χ1) is 16.4. The highest BCUT2D eigenvalue weighted by molar-refractivity contribution is 6.24. The second-order valence-electron chi connectivity index (χ2n) is 9.70. The minimum Gasteiger partial charge on any atom is -0.328 e. The van der Waals surface area contributed by atoms with Gasteiger partial charge in [-0.1, -0.05) is 13.0 Å². The fourth-order valence-corrected chi connectivity index (χ4v) is 5.56. The molecule has 1 fully saturated rings. The monoisotopic (exact) mass is 456 g/mol. The van der Waals surface area contributed by atoms with Gasteiger partial charge in [-0.3, -0.25) is 19.8 Å². The quantitative estimate of drug-likeness (QED) is 0.530. The number of ketones is 1. The summed E-state index contributed by atoms with van der Waals surface area (Å²) in [6, 6.07) is 6.86. The molecule has 174 valence electrons. The minimum absolute atomic E-state index is 0.0921. The molecule has 3 aromatic rings. The largest absolute Gasteiger partial charge is 0.328 e. The van der Waals surface area contributed by atoms with Gasteiger partial charge in [0.15, 0.2) is 5.78 Å². The Morgan fingerprint density at radius 2 is 2.03 bits per heavy atom. The Balaban J connectivity index is 1.47. The summed E-state index contributed by atoms with van der Waals surface area (Å²) >= 11 is 0. The van der Waals surface area contributed by atoms with Crippen molar-refractivity contribution in [1.82, 2.24) is 9.97 Å². The van der Waals surface area contributed by atoms with Crippen molar-refractivity contribution in [2.45, 2.75) is 51.5 Å². The third kappa shape index (κ3) is 4.30. The lowest BCUT2D eigenvalue weighted by atomic mass is 9.75. The first-order valence-electron chi connectivity index (χ1n) is 11.9. The van der Waals surface area contributed by atoms with E-state index in [1.165, 1.54) is 6.07 Å². The summed E-state index contributed by atoms with van der Waals surface area (Å²) in [5.41, 5.74) is 11.9. The van der Waals surface area contributed by atoms with Gasteiger partial charge < -0.3 is 5.73 Å². The Morgan fingerprint density at radius 3 is 2.79 bits per heavy atom. The smallest absolute Gasteiger partial charge is 0.169 e. The number of hydrogen-bond donors (Lipinski definition) is 1. The van der Waals surface area contributed by atoms with Crippen molar-refractivity contribution in [3.8, 4) is 0 Å². The molecule has 1 aliphatic carbocycles. The van der Waals surface area contributed by atoms with Crippen LogP contribution in [0.1, 0.15) is 66.1 Å². The predicted molar refractivity (Wildman–Crippen MR) is 134 cm³/mol. The van der Waals surface area contributed by atoms with Crippen LogP contribution < -0.4 is 5.73 Å². The van der Waals surface area contributed by atoms with Crippen LogP contribution in [0.2, 0.25) is 0 Å². The summed E-state index contributed by atoms with van der Waals surface area (Å²) in [5, 5.41) is 0.349. The molecule has 2 aliphatic rings. The van der Waals surface area contributed by atoms with Crippen LogP contribution >= 0.6 is 0 Å². The third-order valence-electron chi connectivity index (χ3n) is 7.13. The summed E-state index contributed by atoms with van der Waals surface area (Å²) in [7, 11) is 0. The Hall–Kier alpha value is -3.25. The van der Waals surface area contributed by atoms with Gasteiger partial charge in [-0.25, -0.2) is 4.39 Å². The molecule has 0 unspecified atom stereocenters. The average molecular weight is 457 g/mol. The molecule has 0 radical (unpaired) electrons. The highest BCUT2D eigenvalue weighted by Crippen LogP contribution is 2.37. The van der Waals surface area contributed by atoms with E-state index in [1.54, 1.807) is 30.7 Å². The molecule has 0 bridgehead atoms. The van der Waals surface area contributed by atoms with Gasteiger partial charge in [-0.05, 0) is 73.4 Å². The van der Waals surface area contributed by atoms with Crippen molar-refractivity contribution >= 4 is 28.0 Å². The average Bonchev–Trinajstić information content (AvgIpc) is 3.24. The van der Waals surface area contributed by atoms with Crippen LogP contribution in [0.5, 0.6) is 0 Å². The number of carbonyl (C=O) groups is 1. The molecular formula is C28H29FN4O. The number of Topliss-reactive ketones (excluding diaryl/α,β-unsaturated/α-hetero) is 1. The maximum Gasteiger partial charge on any atom is 0.169 e. The van der Waals surface area contributed by atoms with Gasteiger partial charge in [0, 0.05) is 58.9 Å². The van der Waals surface area contributed by atoms with E-state index in [9.17, 15) is 9.18 Å². The number of aliphatic imine (C=N–C) groups is 1. The Morgan fingerprint density at radius 1 is 1.18 bits per heavy atom. The molecule has 3 atom stereocenters. The molecule has 2 aromatic heterocycles. The molecule has 2 N–H and O–H groups in total. The number of aromatic nitrogens is 2. The molecule has 1 saturated carbocycles. The Labute approximate surface area is 199 Å². The van der Waals surface area contributed by atoms with E-state index >= 15 is 0 Å². The van der Waals surface area contributed by atoms with Crippen molar-refractivity contribution in [2.75, 3.05) is 6.54 Å². The second kappa shape index (κ2) is 9.18. The molecule has 0 spiro atoms. The SMILES string of the molecule is CC1=NCC=C1c1cnc2c(C(=O)Cc3cnccc3[C@@H]3C[C@H](C)C[C@H](N)C3)ccc(F)c2c1. The highest BCUT2D eigenvalue weighted by atomic mass is 19.1. The molecule has 1 aromatic carbocycles. The lowest BCUT2D eigenvalue weighted by molar-refractivity contribution is 0.0994. The molecule has 5 nitrogen and oxygen atoms in total.